The SMILES string of the molecule is CCN[Si](NCC)(N[Si](CC)(CC)CC)C1CCCCC1. The zero-order chi connectivity index (χ0) is 15.8. The first kappa shape index (κ1) is 19.4. The van der Waals surface area contributed by atoms with Crippen LogP contribution in [0.4, 0.5) is 0 Å². The molecule has 0 spiro atoms. The summed E-state index contributed by atoms with van der Waals surface area (Å²) in [5.74, 6) is 0. The van der Waals surface area contributed by atoms with Gasteiger partial charge in [0.05, 0.1) is 0 Å². The molecule has 0 aliphatic heterocycles. The third-order valence-electron chi connectivity index (χ3n) is 5.62. The van der Waals surface area contributed by atoms with E-state index in [1.807, 2.05) is 0 Å². The Morgan fingerprint density at radius 2 is 1.24 bits per heavy atom. The van der Waals surface area contributed by atoms with Gasteiger partial charge in [0.2, 0.25) is 0 Å². The van der Waals surface area contributed by atoms with Crippen LogP contribution in [0.5, 0.6) is 0 Å². The zero-order valence-electron chi connectivity index (χ0n) is 15.1. The van der Waals surface area contributed by atoms with Crippen molar-refractivity contribution in [1.82, 2.24) is 14.6 Å². The molecule has 1 fully saturated rings. The summed E-state index contributed by atoms with van der Waals surface area (Å²) in [7, 11) is -3.11. The van der Waals surface area contributed by atoms with Crippen LogP contribution in [-0.2, 0) is 0 Å². The van der Waals surface area contributed by atoms with Crippen LogP contribution >= 0.6 is 0 Å². The molecule has 0 bridgehead atoms. The van der Waals surface area contributed by atoms with E-state index in [1.54, 1.807) is 0 Å². The van der Waals surface area contributed by atoms with E-state index in [0.29, 0.717) is 0 Å². The maximum absolute atomic E-state index is 4.36. The Morgan fingerprint density at radius 3 is 1.62 bits per heavy atom. The molecule has 1 saturated carbocycles. The van der Waals surface area contributed by atoms with E-state index in [0.717, 1.165) is 18.6 Å². The van der Waals surface area contributed by atoms with Gasteiger partial charge in [-0.3, -0.25) is 0 Å². The maximum Gasteiger partial charge on any atom is 0.277 e. The molecule has 0 radical (unpaired) electrons. The lowest BCUT2D eigenvalue weighted by Crippen LogP contribution is -2.80. The molecule has 0 atom stereocenters. The summed E-state index contributed by atoms with van der Waals surface area (Å²) in [6, 6.07) is 4.08. The van der Waals surface area contributed by atoms with Gasteiger partial charge in [0.15, 0.2) is 0 Å². The Balaban J connectivity index is 3.02. The van der Waals surface area contributed by atoms with E-state index < -0.39 is 16.8 Å². The first-order valence-electron chi connectivity index (χ1n) is 9.41. The Hall–Kier alpha value is 0.314. The second-order valence-electron chi connectivity index (χ2n) is 6.67. The number of rotatable bonds is 10. The van der Waals surface area contributed by atoms with Crippen molar-refractivity contribution in [2.24, 2.45) is 0 Å². The zero-order valence-corrected chi connectivity index (χ0v) is 17.1. The van der Waals surface area contributed by atoms with Crippen LogP contribution in [0, 0.1) is 0 Å². The average Bonchev–Trinajstić information content (AvgIpc) is 2.54. The third-order valence-corrected chi connectivity index (χ3v) is 17.0. The monoisotopic (exact) mass is 329 g/mol. The molecule has 0 aromatic carbocycles. The molecule has 0 amide bonds. The largest absolute Gasteiger partial charge is 0.334 e. The highest BCUT2D eigenvalue weighted by Crippen LogP contribution is 2.35. The van der Waals surface area contributed by atoms with E-state index in [4.69, 9.17) is 0 Å². The number of nitrogens with one attached hydrogen (secondary N) is 3. The summed E-state index contributed by atoms with van der Waals surface area (Å²) in [6.07, 6.45) is 7.13. The lowest BCUT2D eigenvalue weighted by Gasteiger charge is -2.47. The van der Waals surface area contributed by atoms with Crippen LogP contribution in [-0.4, -0.2) is 29.9 Å². The molecule has 0 heterocycles. The van der Waals surface area contributed by atoms with Crippen molar-refractivity contribution in [3.8, 4) is 0 Å². The molecule has 3 nitrogen and oxygen atoms in total. The van der Waals surface area contributed by atoms with Crippen LogP contribution in [0.3, 0.4) is 0 Å². The molecular formula is C16H39N3Si2. The normalized spacial score (nSPS) is 18.1. The van der Waals surface area contributed by atoms with Crippen molar-refractivity contribution in [2.75, 3.05) is 13.1 Å². The lowest BCUT2D eigenvalue weighted by molar-refractivity contribution is 0.474. The molecule has 3 N–H and O–H groups in total. The molecular weight excluding hydrogens is 290 g/mol. The Kier molecular flexibility index (Phi) is 8.71. The van der Waals surface area contributed by atoms with Crippen molar-refractivity contribution >= 4 is 16.8 Å². The molecule has 1 aliphatic carbocycles. The highest BCUT2D eigenvalue weighted by Gasteiger charge is 2.46. The molecule has 126 valence electrons. The third kappa shape index (κ3) is 4.89. The van der Waals surface area contributed by atoms with Gasteiger partial charge < -0.3 is 14.6 Å². The molecule has 0 aromatic rings. The van der Waals surface area contributed by atoms with Gasteiger partial charge in [0.25, 0.3) is 8.56 Å². The van der Waals surface area contributed by atoms with E-state index in [-0.39, 0.29) is 0 Å². The van der Waals surface area contributed by atoms with E-state index >= 15 is 0 Å². The van der Waals surface area contributed by atoms with Gasteiger partial charge in [0.1, 0.15) is 8.24 Å². The molecule has 1 rings (SSSR count). The highest BCUT2D eigenvalue weighted by atomic mass is 28.4. The topological polar surface area (TPSA) is 36.1 Å². The number of hydrogen-bond acceptors (Lipinski definition) is 3. The van der Waals surface area contributed by atoms with Gasteiger partial charge in [-0.1, -0.05) is 53.9 Å². The molecule has 5 heteroatoms. The van der Waals surface area contributed by atoms with E-state index in [1.165, 1.54) is 50.2 Å². The Morgan fingerprint density at radius 1 is 0.762 bits per heavy atom. The Labute approximate surface area is 135 Å². The van der Waals surface area contributed by atoms with Crippen molar-refractivity contribution in [3.05, 3.63) is 0 Å². The fourth-order valence-corrected chi connectivity index (χ4v) is 15.7. The van der Waals surface area contributed by atoms with Gasteiger partial charge in [-0.15, -0.1) is 0 Å². The minimum atomic E-state index is -1.78. The summed E-state index contributed by atoms with van der Waals surface area (Å²) in [6.45, 7) is 13.9. The fraction of sp³-hybridized carbons (Fsp3) is 1.00. The first-order valence-corrected chi connectivity index (χ1v) is 14.1. The summed E-state index contributed by atoms with van der Waals surface area (Å²) >= 11 is 0. The van der Waals surface area contributed by atoms with Crippen LogP contribution < -0.4 is 14.6 Å². The van der Waals surface area contributed by atoms with Gasteiger partial charge in [-0.2, -0.15) is 0 Å². The highest BCUT2D eigenvalue weighted by molar-refractivity contribution is 6.91. The lowest BCUT2D eigenvalue weighted by atomic mass is 10.0. The van der Waals surface area contributed by atoms with Gasteiger partial charge >= 0.3 is 0 Å². The molecule has 0 unspecified atom stereocenters. The van der Waals surface area contributed by atoms with Gasteiger partial charge in [-0.25, -0.2) is 0 Å². The summed E-state index contributed by atoms with van der Waals surface area (Å²) in [5, 5.41) is 0. The summed E-state index contributed by atoms with van der Waals surface area (Å²) in [4.78, 5) is 7.95. The smallest absolute Gasteiger partial charge is 0.277 e. The minimum Gasteiger partial charge on any atom is -0.334 e. The van der Waals surface area contributed by atoms with Crippen LogP contribution in [0.1, 0.15) is 66.7 Å². The maximum atomic E-state index is 4.36. The van der Waals surface area contributed by atoms with Crippen molar-refractivity contribution in [1.29, 1.82) is 0 Å². The van der Waals surface area contributed by atoms with Crippen LogP contribution in [0.25, 0.3) is 0 Å². The fourth-order valence-electron chi connectivity index (χ4n) is 4.07. The van der Waals surface area contributed by atoms with Crippen LogP contribution in [0.15, 0.2) is 0 Å². The van der Waals surface area contributed by atoms with E-state index in [2.05, 4.69) is 49.2 Å². The van der Waals surface area contributed by atoms with Crippen LogP contribution in [0.2, 0.25) is 23.7 Å². The Bertz CT molecular complexity index is 262. The second kappa shape index (κ2) is 9.45. The molecule has 1 aliphatic rings. The summed E-state index contributed by atoms with van der Waals surface area (Å²) < 4.78 is 4.36. The first-order chi connectivity index (χ1) is 10.1. The summed E-state index contributed by atoms with van der Waals surface area (Å²) in [5.41, 5.74) is 0.864. The average molecular weight is 330 g/mol. The van der Waals surface area contributed by atoms with E-state index in [9.17, 15) is 0 Å². The second-order valence-corrected chi connectivity index (χ2v) is 15.5. The molecule has 0 saturated heterocycles. The van der Waals surface area contributed by atoms with Crippen molar-refractivity contribution in [2.45, 2.75) is 90.4 Å². The number of hydrogen-bond donors (Lipinski definition) is 3. The molecule has 21 heavy (non-hydrogen) atoms. The van der Waals surface area contributed by atoms with Crippen molar-refractivity contribution < 1.29 is 0 Å². The minimum absolute atomic E-state index is 0.864. The predicted molar refractivity (Wildman–Crippen MR) is 100 cm³/mol. The standard InChI is InChI=1S/C16H39N3Si2/c1-6-17-21(18-7-2,16-14-12-11-13-15-16)19-20(8-3,9-4)10-5/h16-19H,6-15H2,1-5H3. The quantitative estimate of drug-likeness (QED) is 0.529. The predicted octanol–water partition coefficient (Wildman–Crippen LogP) is 4.07. The van der Waals surface area contributed by atoms with Gasteiger partial charge in [0, 0.05) is 0 Å². The molecule has 0 aromatic heterocycles. The van der Waals surface area contributed by atoms with Crippen molar-refractivity contribution in [3.63, 3.8) is 0 Å². The van der Waals surface area contributed by atoms with Gasteiger partial charge in [-0.05, 0) is 49.6 Å².